The summed E-state index contributed by atoms with van der Waals surface area (Å²) in [5.74, 6) is 0.565. The van der Waals surface area contributed by atoms with E-state index in [2.05, 4.69) is 23.0 Å². The molecule has 2 aromatic rings. The van der Waals surface area contributed by atoms with Crippen LogP contribution in [0.15, 0.2) is 48.7 Å². The van der Waals surface area contributed by atoms with E-state index >= 15 is 0 Å². The zero-order valence-electron chi connectivity index (χ0n) is 16.0. The summed E-state index contributed by atoms with van der Waals surface area (Å²) < 4.78 is 5.59. The Balaban J connectivity index is 1.90. The maximum Gasteiger partial charge on any atom is 0.420 e. The number of hydrogen-bond acceptors (Lipinski definition) is 4. The minimum atomic E-state index is -0.573. The molecular formula is C21H27N3O2. The zero-order valence-corrected chi connectivity index (χ0v) is 16.0. The van der Waals surface area contributed by atoms with E-state index in [-0.39, 0.29) is 0 Å². The van der Waals surface area contributed by atoms with Crippen molar-refractivity contribution in [3.05, 3.63) is 54.2 Å². The number of amides is 1. The van der Waals surface area contributed by atoms with Crippen LogP contribution in [-0.4, -0.2) is 35.2 Å². The average Bonchev–Trinajstić information content (AvgIpc) is 3.01. The van der Waals surface area contributed by atoms with Crippen LogP contribution in [0.2, 0.25) is 0 Å². The summed E-state index contributed by atoms with van der Waals surface area (Å²) in [6.45, 7) is 6.70. The first kappa shape index (κ1) is 18.4. The van der Waals surface area contributed by atoms with Crippen molar-refractivity contribution in [3.63, 3.8) is 0 Å². The van der Waals surface area contributed by atoms with Gasteiger partial charge in [-0.2, -0.15) is 0 Å². The summed E-state index contributed by atoms with van der Waals surface area (Å²) in [5, 5.41) is 0. The molecule has 5 nitrogen and oxygen atoms in total. The van der Waals surface area contributed by atoms with E-state index in [1.54, 1.807) is 0 Å². The van der Waals surface area contributed by atoms with Crippen LogP contribution in [0.5, 0.6) is 0 Å². The molecule has 1 aromatic carbocycles. The quantitative estimate of drug-likeness (QED) is 0.785. The molecule has 1 saturated heterocycles. The summed E-state index contributed by atoms with van der Waals surface area (Å²) in [5.41, 5.74) is 1.35. The first-order valence-corrected chi connectivity index (χ1v) is 9.09. The number of nitrogens with zero attached hydrogens (tertiary/aromatic N) is 3. The highest BCUT2D eigenvalue weighted by Gasteiger charge is 2.27. The van der Waals surface area contributed by atoms with Gasteiger partial charge in [-0.05, 0) is 71.0 Å². The predicted molar refractivity (Wildman–Crippen MR) is 104 cm³/mol. The first-order valence-electron chi connectivity index (χ1n) is 9.09. The van der Waals surface area contributed by atoms with E-state index < -0.39 is 11.7 Å². The number of benzene rings is 1. The number of carbonyl (C=O) groups is 1. The zero-order chi connectivity index (χ0) is 18.7. The molecule has 2 heterocycles. The highest BCUT2D eigenvalue weighted by molar-refractivity contribution is 5.95. The van der Waals surface area contributed by atoms with E-state index in [4.69, 9.17) is 4.74 Å². The highest BCUT2D eigenvalue weighted by Crippen LogP contribution is 2.32. The number of carbonyl (C=O) groups excluding carboxylic acids is 1. The lowest BCUT2D eigenvalue weighted by Crippen LogP contribution is -2.34. The molecule has 1 fully saturated rings. The largest absolute Gasteiger partial charge is 0.443 e. The minimum absolute atomic E-state index is 0.406. The molecule has 0 N–H and O–H groups in total. The lowest BCUT2D eigenvalue weighted by atomic mass is 10.1. The number of likely N-dealkylation sites (tertiary alicyclic amines) is 1. The Labute approximate surface area is 155 Å². The molecule has 1 atom stereocenters. The smallest absolute Gasteiger partial charge is 0.420 e. The van der Waals surface area contributed by atoms with Gasteiger partial charge in [-0.15, -0.1) is 0 Å². The van der Waals surface area contributed by atoms with Gasteiger partial charge in [-0.1, -0.05) is 24.3 Å². The fraction of sp³-hybridized carbons (Fsp3) is 0.429. The van der Waals surface area contributed by atoms with Crippen LogP contribution in [0.3, 0.4) is 0 Å². The van der Waals surface area contributed by atoms with Gasteiger partial charge in [0.2, 0.25) is 0 Å². The van der Waals surface area contributed by atoms with Crippen LogP contribution < -0.4 is 4.90 Å². The molecule has 1 amide bonds. The van der Waals surface area contributed by atoms with Gasteiger partial charge < -0.3 is 4.74 Å². The summed E-state index contributed by atoms with van der Waals surface area (Å²) in [7, 11) is 2.14. The Morgan fingerprint density at radius 3 is 2.46 bits per heavy atom. The Morgan fingerprint density at radius 1 is 1.19 bits per heavy atom. The van der Waals surface area contributed by atoms with Crippen molar-refractivity contribution in [3.8, 4) is 0 Å². The van der Waals surface area contributed by atoms with Crippen molar-refractivity contribution in [2.24, 2.45) is 0 Å². The third-order valence-corrected chi connectivity index (χ3v) is 4.50. The second-order valence-corrected chi connectivity index (χ2v) is 7.74. The van der Waals surface area contributed by atoms with Crippen molar-refractivity contribution in [2.75, 3.05) is 18.5 Å². The van der Waals surface area contributed by atoms with E-state index in [0.717, 1.165) is 18.7 Å². The van der Waals surface area contributed by atoms with Crippen molar-refractivity contribution < 1.29 is 9.53 Å². The highest BCUT2D eigenvalue weighted by atomic mass is 16.6. The number of ether oxygens (including phenoxy) is 1. The Bertz CT molecular complexity index is 738. The fourth-order valence-corrected chi connectivity index (χ4v) is 3.27. The van der Waals surface area contributed by atoms with E-state index in [0.29, 0.717) is 11.9 Å². The molecule has 0 spiro atoms. The number of hydrogen-bond donors (Lipinski definition) is 0. The van der Waals surface area contributed by atoms with Crippen LogP contribution >= 0.6 is 0 Å². The van der Waals surface area contributed by atoms with E-state index in [1.165, 1.54) is 16.9 Å². The lowest BCUT2D eigenvalue weighted by Gasteiger charge is -2.27. The summed E-state index contributed by atoms with van der Waals surface area (Å²) in [6.07, 6.45) is 3.80. The predicted octanol–water partition coefficient (Wildman–Crippen LogP) is 4.92. The maximum atomic E-state index is 12.8. The standard InChI is InChI=1S/C21H27N3O2/c1-21(2,3)26-20(25)24(17-9-6-5-7-10-17)19-13-12-16(15-22-19)18-11-8-14-23(18)4/h5-7,9-10,12-13,15,18H,8,11,14H2,1-4H3/t18-/m0/s1. The van der Waals surface area contributed by atoms with Gasteiger partial charge in [-0.25, -0.2) is 14.7 Å². The maximum absolute atomic E-state index is 12.8. The van der Waals surface area contributed by atoms with Crippen molar-refractivity contribution in [1.82, 2.24) is 9.88 Å². The Hall–Kier alpha value is -2.40. The van der Waals surface area contributed by atoms with E-state index in [1.807, 2.05) is 63.4 Å². The molecule has 3 rings (SSSR count). The molecule has 5 heteroatoms. The van der Waals surface area contributed by atoms with Gasteiger partial charge in [0.1, 0.15) is 11.4 Å². The van der Waals surface area contributed by atoms with Crippen molar-refractivity contribution in [2.45, 2.75) is 45.3 Å². The van der Waals surface area contributed by atoms with Gasteiger partial charge in [0.05, 0.1) is 5.69 Å². The molecule has 0 radical (unpaired) electrons. The number of aromatic nitrogens is 1. The topological polar surface area (TPSA) is 45.7 Å². The molecule has 26 heavy (non-hydrogen) atoms. The molecular weight excluding hydrogens is 326 g/mol. The van der Waals surface area contributed by atoms with Gasteiger partial charge in [-0.3, -0.25) is 4.90 Å². The lowest BCUT2D eigenvalue weighted by molar-refractivity contribution is 0.0598. The van der Waals surface area contributed by atoms with Crippen LogP contribution in [-0.2, 0) is 4.74 Å². The Kier molecular flexibility index (Phi) is 5.28. The minimum Gasteiger partial charge on any atom is -0.443 e. The normalized spacial score (nSPS) is 17.9. The molecule has 1 aromatic heterocycles. The number of para-hydroxylation sites is 1. The summed E-state index contributed by atoms with van der Waals surface area (Å²) in [6, 6.07) is 13.8. The second-order valence-electron chi connectivity index (χ2n) is 7.74. The van der Waals surface area contributed by atoms with Crippen molar-refractivity contribution in [1.29, 1.82) is 0 Å². The molecule has 1 aliphatic rings. The molecule has 138 valence electrons. The SMILES string of the molecule is CN1CCC[C@H]1c1ccc(N(C(=O)OC(C)(C)C)c2ccccc2)nc1. The number of rotatable bonds is 3. The van der Waals surface area contributed by atoms with Crippen LogP contribution in [0.25, 0.3) is 0 Å². The summed E-state index contributed by atoms with van der Waals surface area (Å²) in [4.78, 5) is 21.3. The van der Waals surface area contributed by atoms with Gasteiger partial charge in [0, 0.05) is 12.2 Å². The molecule has 0 unspecified atom stereocenters. The van der Waals surface area contributed by atoms with Gasteiger partial charge in [0.15, 0.2) is 0 Å². The monoisotopic (exact) mass is 353 g/mol. The molecule has 0 bridgehead atoms. The van der Waals surface area contributed by atoms with Gasteiger partial charge >= 0.3 is 6.09 Å². The third-order valence-electron chi connectivity index (χ3n) is 4.50. The number of anilines is 2. The van der Waals surface area contributed by atoms with Crippen LogP contribution in [0, 0.1) is 0 Å². The first-order chi connectivity index (χ1) is 12.3. The summed E-state index contributed by atoms with van der Waals surface area (Å²) >= 11 is 0. The fourth-order valence-electron chi connectivity index (χ4n) is 3.27. The van der Waals surface area contributed by atoms with Crippen LogP contribution in [0.4, 0.5) is 16.3 Å². The molecule has 0 saturated carbocycles. The second kappa shape index (κ2) is 7.46. The molecule has 1 aliphatic heterocycles. The van der Waals surface area contributed by atoms with Crippen molar-refractivity contribution >= 4 is 17.6 Å². The van der Waals surface area contributed by atoms with Crippen LogP contribution in [0.1, 0.15) is 45.2 Å². The Morgan fingerprint density at radius 2 is 1.92 bits per heavy atom. The average molecular weight is 353 g/mol. The van der Waals surface area contributed by atoms with Gasteiger partial charge in [0.25, 0.3) is 0 Å². The molecule has 0 aliphatic carbocycles. The number of pyridine rings is 1. The van der Waals surface area contributed by atoms with E-state index in [9.17, 15) is 4.79 Å². The third kappa shape index (κ3) is 4.22.